The van der Waals surface area contributed by atoms with Crippen molar-refractivity contribution in [1.82, 2.24) is 20.1 Å². The number of likely N-dealkylation sites (N-methyl/N-ethyl adjacent to an activating group) is 1. The van der Waals surface area contributed by atoms with Crippen LogP contribution in [0.4, 0.5) is 10.1 Å². The van der Waals surface area contributed by atoms with E-state index in [4.69, 9.17) is 9.47 Å². The molecular formula is C27H28FN5O2. The molecular weight excluding hydrogens is 445 g/mol. The lowest BCUT2D eigenvalue weighted by molar-refractivity contribution is 0.102. The second kappa shape index (κ2) is 9.28. The van der Waals surface area contributed by atoms with E-state index >= 15 is 0 Å². The molecule has 2 aliphatic heterocycles. The lowest BCUT2D eigenvalue weighted by Crippen LogP contribution is -2.44. The number of rotatable bonds is 1. The van der Waals surface area contributed by atoms with Crippen LogP contribution in [0.2, 0.25) is 0 Å². The van der Waals surface area contributed by atoms with Gasteiger partial charge in [0.1, 0.15) is 23.9 Å². The third-order valence-corrected chi connectivity index (χ3v) is 6.88. The number of benzene rings is 2. The van der Waals surface area contributed by atoms with Gasteiger partial charge >= 0.3 is 0 Å². The second-order valence-corrected chi connectivity index (χ2v) is 9.14. The average molecular weight is 474 g/mol. The Labute approximate surface area is 203 Å². The van der Waals surface area contributed by atoms with E-state index in [9.17, 15) is 4.39 Å². The van der Waals surface area contributed by atoms with E-state index in [1.54, 1.807) is 12.3 Å². The van der Waals surface area contributed by atoms with Gasteiger partial charge in [-0.3, -0.25) is 10.1 Å². The van der Waals surface area contributed by atoms with Gasteiger partial charge in [0.2, 0.25) is 0 Å². The van der Waals surface area contributed by atoms with Gasteiger partial charge in [-0.1, -0.05) is 18.2 Å². The second-order valence-electron chi connectivity index (χ2n) is 9.14. The fourth-order valence-electron chi connectivity index (χ4n) is 4.92. The normalized spacial score (nSPS) is 17.0. The minimum absolute atomic E-state index is 0.286. The number of pyridine rings is 1. The fraction of sp³-hybridized carbons (Fsp3) is 0.333. The molecule has 0 saturated carbocycles. The summed E-state index contributed by atoms with van der Waals surface area (Å²) in [5, 5.41) is 8.57. The zero-order valence-electron chi connectivity index (χ0n) is 19.8. The topological polar surface area (TPSA) is 66.5 Å². The number of H-pyrrole nitrogens is 1. The van der Waals surface area contributed by atoms with E-state index in [0.29, 0.717) is 37.5 Å². The Morgan fingerprint density at radius 3 is 2.77 bits per heavy atom. The van der Waals surface area contributed by atoms with E-state index in [2.05, 4.69) is 50.2 Å². The van der Waals surface area contributed by atoms with Crippen molar-refractivity contribution in [2.75, 3.05) is 57.9 Å². The predicted molar refractivity (Wildman–Crippen MR) is 134 cm³/mol. The number of piperazine rings is 1. The number of ether oxygens (including phenoxy) is 2. The molecule has 8 heteroatoms. The summed E-state index contributed by atoms with van der Waals surface area (Å²) in [4.78, 5) is 9.27. The van der Waals surface area contributed by atoms with Crippen LogP contribution in [-0.2, 0) is 11.2 Å². The molecule has 4 bridgehead atoms. The monoisotopic (exact) mass is 473 g/mol. The molecule has 2 aromatic heterocycles. The number of nitrogens with zero attached hydrogens (tertiary/aromatic N) is 4. The Morgan fingerprint density at radius 2 is 1.89 bits per heavy atom. The summed E-state index contributed by atoms with van der Waals surface area (Å²) in [6.45, 7) is 5.30. The molecule has 180 valence electrons. The van der Waals surface area contributed by atoms with Crippen LogP contribution in [0.1, 0.15) is 5.56 Å². The van der Waals surface area contributed by atoms with Gasteiger partial charge in [-0.25, -0.2) is 4.39 Å². The van der Waals surface area contributed by atoms with Gasteiger partial charge in [0.05, 0.1) is 36.3 Å². The highest BCUT2D eigenvalue weighted by Gasteiger charge is 2.21. The zero-order valence-corrected chi connectivity index (χ0v) is 19.8. The van der Waals surface area contributed by atoms with Crippen molar-refractivity contribution >= 4 is 16.6 Å². The molecule has 6 rings (SSSR count). The molecule has 0 radical (unpaired) electrons. The highest BCUT2D eigenvalue weighted by molar-refractivity contribution is 5.95. The predicted octanol–water partition coefficient (Wildman–Crippen LogP) is 4.13. The summed E-state index contributed by atoms with van der Waals surface area (Å²) < 4.78 is 27.1. The first-order chi connectivity index (χ1) is 17.2. The van der Waals surface area contributed by atoms with Gasteiger partial charge in [-0.2, -0.15) is 5.10 Å². The number of aromatic amines is 1. The molecule has 1 saturated heterocycles. The Hall–Kier alpha value is -3.49. The smallest absolute Gasteiger partial charge is 0.143 e. The molecule has 0 unspecified atom stereocenters. The number of anilines is 1. The molecule has 0 spiro atoms. The molecule has 0 amide bonds. The van der Waals surface area contributed by atoms with Crippen LogP contribution in [0.3, 0.4) is 0 Å². The third-order valence-electron chi connectivity index (χ3n) is 6.88. The number of aromatic nitrogens is 3. The SMILES string of the molecule is CN1CCN(c2ccc3cc2OCCOCCc2cccc(F)c2-c2cc4c-3n[nH]c4cn2)CC1. The van der Waals surface area contributed by atoms with E-state index in [1.165, 1.54) is 6.07 Å². The van der Waals surface area contributed by atoms with Crippen molar-refractivity contribution in [2.45, 2.75) is 6.42 Å². The van der Waals surface area contributed by atoms with Crippen molar-refractivity contribution in [1.29, 1.82) is 0 Å². The Morgan fingerprint density at radius 1 is 1.00 bits per heavy atom. The molecule has 1 fully saturated rings. The Kier molecular flexibility index (Phi) is 5.83. The van der Waals surface area contributed by atoms with Gasteiger partial charge in [0.25, 0.3) is 0 Å². The van der Waals surface area contributed by atoms with Crippen LogP contribution in [0.25, 0.3) is 33.4 Å². The molecule has 0 atom stereocenters. The maximum absolute atomic E-state index is 15.0. The lowest BCUT2D eigenvalue weighted by Gasteiger charge is -2.35. The van der Waals surface area contributed by atoms with Crippen molar-refractivity contribution in [3.05, 3.63) is 60.0 Å². The number of halogens is 1. The van der Waals surface area contributed by atoms with E-state index in [1.807, 2.05) is 12.1 Å². The Balaban J connectivity index is 1.47. The van der Waals surface area contributed by atoms with E-state index in [-0.39, 0.29) is 5.82 Å². The number of nitrogens with one attached hydrogen (secondary N) is 1. The molecule has 1 N–H and O–H groups in total. The van der Waals surface area contributed by atoms with Crippen LogP contribution >= 0.6 is 0 Å². The summed E-state index contributed by atoms with van der Waals surface area (Å²) in [5.74, 6) is 0.538. The minimum atomic E-state index is -0.286. The third kappa shape index (κ3) is 4.24. The molecule has 0 aliphatic carbocycles. The summed E-state index contributed by atoms with van der Waals surface area (Å²) in [5.41, 5.74) is 5.60. The highest BCUT2D eigenvalue weighted by Crippen LogP contribution is 2.37. The van der Waals surface area contributed by atoms with Crippen LogP contribution in [0.5, 0.6) is 5.75 Å². The minimum Gasteiger partial charge on any atom is -0.489 e. The Bertz CT molecular complexity index is 1360. The van der Waals surface area contributed by atoms with E-state index < -0.39 is 0 Å². The van der Waals surface area contributed by atoms with Crippen molar-refractivity contribution in [3.63, 3.8) is 0 Å². The van der Waals surface area contributed by atoms with Gasteiger partial charge < -0.3 is 19.3 Å². The maximum Gasteiger partial charge on any atom is 0.143 e. The maximum atomic E-state index is 15.0. The molecule has 4 aromatic rings. The summed E-state index contributed by atoms with van der Waals surface area (Å²) in [7, 11) is 2.15. The fourth-order valence-corrected chi connectivity index (χ4v) is 4.92. The van der Waals surface area contributed by atoms with Crippen molar-refractivity contribution in [2.24, 2.45) is 0 Å². The average Bonchev–Trinajstić information content (AvgIpc) is 3.29. The summed E-state index contributed by atoms with van der Waals surface area (Å²) >= 11 is 0. The van der Waals surface area contributed by atoms with Crippen LogP contribution < -0.4 is 9.64 Å². The van der Waals surface area contributed by atoms with Crippen molar-refractivity contribution < 1.29 is 13.9 Å². The highest BCUT2D eigenvalue weighted by atomic mass is 19.1. The van der Waals surface area contributed by atoms with Gasteiger partial charge in [0, 0.05) is 42.7 Å². The van der Waals surface area contributed by atoms with Crippen LogP contribution in [0.15, 0.2) is 48.7 Å². The molecule has 7 nitrogen and oxygen atoms in total. The largest absolute Gasteiger partial charge is 0.489 e. The zero-order chi connectivity index (χ0) is 23.8. The first-order valence-electron chi connectivity index (χ1n) is 12.1. The molecule has 2 aliphatic rings. The van der Waals surface area contributed by atoms with Crippen LogP contribution in [0, 0.1) is 5.82 Å². The van der Waals surface area contributed by atoms with E-state index in [0.717, 1.165) is 65.3 Å². The molecule has 35 heavy (non-hydrogen) atoms. The lowest BCUT2D eigenvalue weighted by atomic mass is 9.99. The van der Waals surface area contributed by atoms with Gasteiger partial charge in [-0.05, 0) is 43.3 Å². The molecule has 2 aromatic carbocycles. The van der Waals surface area contributed by atoms with Crippen LogP contribution in [-0.4, -0.2) is 73.1 Å². The standard InChI is InChI=1S/C27H28FN5O2/c1-32-8-10-33(11-9-32)24-6-5-19-15-25(24)35-14-13-34-12-7-18-3-2-4-21(28)26(18)22-16-20-23(17-29-22)30-31-27(19)20/h2-6,15-17H,7-14H2,1H3,(H,30,31). The number of hydrogen-bond acceptors (Lipinski definition) is 6. The van der Waals surface area contributed by atoms with Gasteiger partial charge in [-0.15, -0.1) is 0 Å². The number of hydrogen-bond donors (Lipinski definition) is 1. The summed E-state index contributed by atoms with van der Waals surface area (Å²) in [6.07, 6.45) is 2.31. The van der Waals surface area contributed by atoms with Crippen molar-refractivity contribution in [3.8, 4) is 28.3 Å². The molecule has 4 heterocycles. The quantitative estimate of drug-likeness (QED) is 0.448. The summed E-state index contributed by atoms with van der Waals surface area (Å²) in [6, 6.07) is 13.3. The first-order valence-corrected chi connectivity index (χ1v) is 12.1. The first kappa shape index (κ1) is 22.0. The number of fused-ring (bicyclic) bond motifs is 6. The van der Waals surface area contributed by atoms with Gasteiger partial charge in [0.15, 0.2) is 0 Å².